The Bertz CT molecular complexity index is 1010. The van der Waals surface area contributed by atoms with Crippen molar-refractivity contribution in [1.82, 2.24) is 8.87 Å². The normalized spacial score (nSPS) is 15.6. The van der Waals surface area contributed by atoms with Gasteiger partial charge < -0.3 is 4.74 Å². The van der Waals surface area contributed by atoms with E-state index >= 15 is 0 Å². The largest absolute Gasteiger partial charge is 0.379 e. The average Bonchev–Trinajstić information content (AvgIpc) is 3.29. The van der Waals surface area contributed by atoms with E-state index in [1.54, 1.807) is 42.7 Å². The molecule has 1 aliphatic heterocycles. The van der Waals surface area contributed by atoms with Crippen LogP contribution >= 0.6 is 0 Å². The van der Waals surface area contributed by atoms with Gasteiger partial charge in [-0.3, -0.25) is 4.90 Å². The van der Waals surface area contributed by atoms with Crippen molar-refractivity contribution in [2.24, 2.45) is 0 Å². The summed E-state index contributed by atoms with van der Waals surface area (Å²) in [7, 11) is -3.55. The van der Waals surface area contributed by atoms with Gasteiger partial charge in [0, 0.05) is 32.0 Å². The molecule has 0 N–H and O–H groups in total. The van der Waals surface area contributed by atoms with Crippen molar-refractivity contribution in [3.8, 4) is 11.1 Å². The molecule has 0 spiro atoms. The SMILES string of the molecule is O=S(=O)(c1cccc(-c2ccc(CCN3CCOCC3)cc2)c1)n1cccc1. The lowest BCUT2D eigenvalue weighted by atomic mass is 10.0. The first-order valence-electron chi connectivity index (χ1n) is 9.51. The number of aromatic nitrogens is 1. The fourth-order valence-electron chi connectivity index (χ4n) is 3.41. The summed E-state index contributed by atoms with van der Waals surface area (Å²) < 4.78 is 32.1. The Balaban J connectivity index is 1.48. The molecule has 0 unspecified atom stereocenters. The number of rotatable bonds is 6. The van der Waals surface area contributed by atoms with Gasteiger partial charge in [-0.1, -0.05) is 36.4 Å². The van der Waals surface area contributed by atoms with Crippen LogP contribution < -0.4 is 0 Å². The maximum absolute atomic E-state index is 12.7. The highest BCUT2D eigenvalue weighted by Gasteiger charge is 2.16. The van der Waals surface area contributed by atoms with Crippen LogP contribution in [-0.2, 0) is 21.2 Å². The molecule has 4 rings (SSSR count). The fourth-order valence-corrected chi connectivity index (χ4v) is 4.64. The van der Waals surface area contributed by atoms with Crippen molar-refractivity contribution in [2.75, 3.05) is 32.8 Å². The minimum atomic E-state index is -3.55. The molecule has 146 valence electrons. The molecular formula is C22H24N2O3S. The summed E-state index contributed by atoms with van der Waals surface area (Å²) in [6, 6.07) is 18.9. The van der Waals surface area contributed by atoms with Gasteiger partial charge in [0.25, 0.3) is 10.0 Å². The zero-order chi connectivity index (χ0) is 19.4. The quantitative estimate of drug-likeness (QED) is 0.642. The van der Waals surface area contributed by atoms with Crippen LogP contribution in [0.2, 0.25) is 0 Å². The molecule has 6 heteroatoms. The van der Waals surface area contributed by atoms with Gasteiger partial charge in [-0.15, -0.1) is 0 Å². The van der Waals surface area contributed by atoms with Gasteiger partial charge in [-0.05, 0) is 47.4 Å². The lowest BCUT2D eigenvalue weighted by Gasteiger charge is -2.26. The molecule has 2 aromatic carbocycles. The van der Waals surface area contributed by atoms with E-state index in [0.717, 1.165) is 50.4 Å². The summed E-state index contributed by atoms with van der Waals surface area (Å²) in [5, 5.41) is 0. The second-order valence-corrected chi connectivity index (χ2v) is 8.79. The number of ether oxygens (including phenoxy) is 1. The van der Waals surface area contributed by atoms with Crippen LogP contribution in [-0.4, -0.2) is 50.1 Å². The smallest absolute Gasteiger partial charge is 0.267 e. The molecule has 1 aromatic heterocycles. The molecule has 0 atom stereocenters. The first kappa shape index (κ1) is 18.9. The predicted molar refractivity (Wildman–Crippen MR) is 110 cm³/mol. The van der Waals surface area contributed by atoms with E-state index in [1.807, 2.05) is 6.07 Å². The van der Waals surface area contributed by atoms with Gasteiger partial charge in [-0.2, -0.15) is 0 Å². The highest BCUT2D eigenvalue weighted by molar-refractivity contribution is 7.90. The van der Waals surface area contributed by atoms with E-state index in [-0.39, 0.29) is 4.90 Å². The first-order chi connectivity index (χ1) is 13.6. The molecule has 0 amide bonds. The predicted octanol–water partition coefficient (Wildman–Crippen LogP) is 3.27. The standard InChI is InChI=1S/C22H24N2O3S/c25-28(26,24-11-1-2-12-24)22-5-3-4-21(18-22)20-8-6-19(7-9-20)10-13-23-14-16-27-17-15-23/h1-9,11-12,18H,10,13-17H2. The van der Waals surface area contributed by atoms with E-state index in [2.05, 4.69) is 29.2 Å². The summed E-state index contributed by atoms with van der Waals surface area (Å²) >= 11 is 0. The second kappa shape index (κ2) is 8.31. The lowest BCUT2D eigenvalue weighted by molar-refractivity contribution is 0.0384. The topological polar surface area (TPSA) is 51.5 Å². The van der Waals surface area contributed by atoms with Crippen LogP contribution in [0.15, 0.2) is 78.0 Å². The third-order valence-corrected chi connectivity index (χ3v) is 6.74. The Labute approximate surface area is 166 Å². The highest BCUT2D eigenvalue weighted by Crippen LogP contribution is 2.24. The Morgan fingerprint density at radius 2 is 1.57 bits per heavy atom. The summed E-state index contributed by atoms with van der Waals surface area (Å²) in [6.45, 7) is 4.68. The Morgan fingerprint density at radius 3 is 2.29 bits per heavy atom. The molecular weight excluding hydrogens is 372 g/mol. The van der Waals surface area contributed by atoms with E-state index in [0.29, 0.717) is 0 Å². The maximum Gasteiger partial charge on any atom is 0.267 e. The molecule has 0 bridgehead atoms. The van der Waals surface area contributed by atoms with Crippen molar-refractivity contribution >= 4 is 10.0 Å². The first-order valence-corrected chi connectivity index (χ1v) is 10.9. The van der Waals surface area contributed by atoms with Crippen molar-refractivity contribution in [3.63, 3.8) is 0 Å². The van der Waals surface area contributed by atoms with Crippen LogP contribution in [0, 0.1) is 0 Å². The zero-order valence-corrected chi connectivity index (χ0v) is 16.5. The van der Waals surface area contributed by atoms with E-state index < -0.39 is 10.0 Å². The minimum absolute atomic E-state index is 0.289. The molecule has 0 saturated carbocycles. The van der Waals surface area contributed by atoms with E-state index in [4.69, 9.17) is 4.74 Å². The summed E-state index contributed by atoms with van der Waals surface area (Å²) in [5.74, 6) is 0. The van der Waals surface area contributed by atoms with Gasteiger partial charge in [0.1, 0.15) is 0 Å². The van der Waals surface area contributed by atoms with Crippen molar-refractivity contribution < 1.29 is 13.2 Å². The molecule has 28 heavy (non-hydrogen) atoms. The van der Waals surface area contributed by atoms with Crippen LogP contribution in [0.3, 0.4) is 0 Å². The van der Waals surface area contributed by atoms with E-state index in [1.165, 1.54) is 9.54 Å². The van der Waals surface area contributed by atoms with Crippen LogP contribution in [0.1, 0.15) is 5.56 Å². The lowest BCUT2D eigenvalue weighted by Crippen LogP contribution is -2.37. The Morgan fingerprint density at radius 1 is 0.857 bits per heavy atom. The van der Waals surface area contributed by atoms with Gasteiger partial charge in [0.15, 0.2) is 0 Å². The number of benzene rings is 2. The molecule has 1 aliphatic rings. The number of nitrogens with zero attached hydrogens (tertiary/aromatic N) is 2. The van der Waals surface area contributed by atoms with E-state index in [9.17, 15) is 8.42 Å². The van der Waals surface area contributed by atoms with Crippen LogP contribution in [0.4, 0.5) is 0 Å². The third-order valence-electron chi connectivity index (χ3n) is 5.09. The average molecular weight is 397 g/mol. The Hall–Kier alpha value is -2.41. The molecule has 1 fully saturated rings. The van der Waals surface area contributed by atoms with Crippen LogP contribution in [0.25, 0.3) is 11.1 Å². The highest BCUT2D eigenvalue weighted by atomic mass is 32.2. The summed E-state index contributed by atoms with van der Waals surface area (Å²) in [6.07, 6.45) is 4.10. The maximum atomic E-state index is 12.7. The van der Waals surface area contributed by atoms with Crippen LogP contribution in [0.5, 0.6) is 0 Å². The number of hydrogen-bond acceptors (Lipinski definition) is 4. The molecule has 0 radical (unpaired) electrons. The molecule has 0 aliphatic carbocycles. The Kier molecular flexibility index (Phi) is 5.62. The van der Waals surface area contributed by atoms with Gasteiger partial charge in [0.2, 0.25) is 0 Å². The van der Waals surface area contributed by atoms with Gasteiger partial charge in [0.05, 0.1) is 18.1 Å². The summed E-state index contributed by atoms with van der Waals surface area (Å²) in [5.41, 5.74) is 3.19. The molecule has 5 nitrogen and oxygen atoms in total. The monoisotopic (exact) mass is 396 g/mol. The second-order valence-electron chi connectivity index (χ2n) is 6.95. The molecule has 1 saturated heterocycles. The van der Waals surface area contributed by atoms with Gasteiger partial charge in [-0.25, -0.2) is 12.4 Å². The van der Waals surface area contributed by atoms with Crippen molar-refractivity contribution in [3.05, 3.63) is 78.6 Å². The van der Waals surface area contributed by atoms with Crippen molar-refractivity contribution in [2.45, 2.75) is 11.3 Å². The minimum Gasteiger partial charge on any atom is -0.379 e. The molecule has 2 heterocycles. The van der Waals surface area contributed by atoms with Crippen molar-refractivity contribution in [1.29, 1.82) is 0 Å². The zero-order valence-electron chi connectivity index (χ0n) is 15.7. The number of hydrogen-bond donors (Lipinski definition) is 0. The molecule has 3 aromatic rings. The fraction of sp³-hybridized carbons (Fsp3) is 0.273. The third kappa shape index (κ3) is 4.19. The number of morpholine rings is 1. The van der Waals surface area contributed by atoms with Gasteiger partial charge >= 0.3 is 0 Å². The summed E-state index contributed by atoms with van der Waals surface area (Å²) in [4.78, 5) is 2.71.